The lowest BCUT2D eigenvalue weighted by Gasteiger charge is -2.33. The van der Waals surface area contributed by atoms with E-state index in [0.717, 1.165) is 38.3 Å². The van der Waals surface area contributed by atoms with Crippen LogP contribution in [0.25, 0.3) is 0 Å². The fourth-order valence-electron chi connectivity index (χ4n) is 2.60. The molecule has 22 heavy (non-hydrogen) atoms. The Morgan fingerprint density at radius 1 is 1.14 bits per heavy atom. The second kappa shape index (κ2) is 7.91. The molecule has 1 aromatic rings. The van der Waals surface area contributed by atoms with Crippen molar-refractivity contribution in [1.29, 1.82) is 0 Å². The van der Waals surface area contributed by atoms with Crippen molar-refractivity contribution in [1.82, 2.24) is 9.80 Å². The molecule has 0 atom stereocenters. The van der Waals surface area contributed by atoms with Crippen molar-refractivity contribution >= 4 is 17.5 Å². The number of amides is 2. The molecule has 1 saturated heterocycles. The second-order valence-corrected chi connectivity index (χ2v) is 5.62. The summed E-state index contributed by atoms with van der Waals surface area (Å²) in [6.07, 6.45) is 0.950. The Hall–Kier alpha value is -1.92. The lowest BCUT2D eigenvalue weighted by atomic mass is 10.1. The molecule has 0 radical (unpaired) electrons. The van der Waals surface area contributed by atoms with Crippen molar-refractivity contribution in [3.05, 3.63) is 29.8 Å². The summed E-state index contributed by atoms with van der Waals surface area (Å²) in [6, 6.07) is 7.91. The molecule has 6 heteroatoms. The van der Waals surface area contributed by atoms with Gasteiger partial charge in [0.05, 0.1) is 13.1 Å². The molecule has 2 amide bonds. The molecule has 1 fully saturated rings. The van der Waals surface area contributed by atoms with E-state index in [9.17, 15) is 9.59 Å². The molecular formula is C16H24N4O2. The number of carbonyl (C=O) groups is 2. The van der Waals surface area contributed by atoms with Gasteiger partial charge in [0.1, 0.15) is 0 Å². The SMILES string of the molecule is CCc1cccc(NC(=O)CN2CCN(CC(N)=O)CC2)c1. The van der Waals surface area contributed by atoms with Gasteiger partial charge in [-0.1, -0.05) is 19.1 Å². The predicted octanol–water partition coefficient (Wildman–Crippen LogP) is 0.290. The summed E-state index contributed by atoms with van der Waals surface area (Å²) < 4.78 is 0. The molecule has 0 bridgehead atoms. The molecule has 1 heterocycles. The maximum absolute atomic E-state index is 12.1. The number of hydrogen-bond acceptors (Lipinski definition) is 4. The Kier molecular flexibility index (Phi) is 5.91. The van der Waals surface area contributed by atoms with Gasteiger partial charge in [-0.25, -0.2) is 0 Å². The van der Waals surface area contributed by atoms with Gasteiger partial charge in [0.25, 0.3) is 0 Å². The normalized spacial score (nSPS) is 16.4. The Labute approximate surface area is 131 Å². The van der Waals surface area contributed by atoms with E-state index in [0.29, 0.717) is 13.1 Å². The zero-order valence-corrected chi connectivity index (χ0v) is 13.0. The fourth-order valence-corrected chi connectivity index (χ4v) is 2.60. The van der Waals surface area contributed by atoms with Crippen molar-refractivity contribution in [2.24, 2.45) is 5.73 Å². The van der Waals surface area contributed by atoms with Crippen LogP contribution in [0.2, 0.25) is 0 Å². The predicted molar refractivity (Wildman–Crippen MR) is 86.5 cm³/mol. The van der Waals surface area contributed by atoms with E-state index in [1.165, 1.54) is 5.56 Å². The summed E-state index contributed by atoms with van der Waals surface area (Å²) in [4.78, 5) is 27.1. The highest BCUT2D eigenvalue weighted by Gasteiger charge is 2.19. The van der Waals surface area contributed by atoms with Crippen molar-refractivity contribution in [3.8, 4) is 0 Å². The van der Waals surface area contributed by atoms with Crippen LogP contribution in [-0.4, -0.2) is 60.9 Å². The van der Waals surface area contributed by atoms with Gasteiger partial charge in [0.2, 0.25) is 11.8 Å². The minimum Gasteiger partial charge on any atom is -0.369 e. The van der Waals surface area contributed by atoms with E-state index < -0.39 is 0 Å². The summed E-state index contributed by atoms with van der Waals surface area (Å²) in [5.41, 5.74) is 7.24. The number of hydrogen-bond donors (Lipinski definition) is 2. The molecule has 0 aromatic heterocycles. The van der Waals surface area contributed by atoms with E-state index in [1.54, 1.807) is 0 Å². The number of carbonyl (C=O) groups excluding carboxylic acids is 2. The smallest absolute Gasteiger partial charge is 0.238 e. The third-order valence-electron chi connectivity index (χ3n) is 3.83. The first-order valence-corrected chi connectivity index (χ1v) is 7.68. The maximum Gasteiger partial charge on any atom is 0.238 e. The molecule has 0 aliphatic carbocycles. The van der Waals surface area contributed by atoms with Gasteiger partial charge in [-0.2, -0.15) is 0 Å². The van der Waals surface area contributed by atoms with Crippen LogP contribution in [0, 0.1) is 0 Å². The molecule has 0 spiro atoms. The maximum atomic E-state index is 12.1. The molecule has 3 N–H and O–H groups in total. The number of benzene rings is 1. The number of nitrogens with two attached hydrogens (primary N) is 1. The molecule has 120 valence electrons. The molecule has 6 nitrogen and oxygen atoms in total. The van der Waals surface area contributed by atoms with Gasteiger partial charge in [0.15, 0.2) is 0 Å². The van der Waals surface area contributed by atoms with Gasteiger partial charge in [0, 0.05) is 31.9 Å². The van der Waals surface area contributed by atoms with Crippen LogP contribution in [0.4, 0.5) is 5.69 Å². The third kappa shape index (κ3) is 5.13. The van der Waals surface area contributed by atoms with Gasteiger partial charge < -0.3 is 11.1 Å². The molecule has 1 aromatic carbocycles. The zero-order chi connectivity index (χ0) is 15.9. The van der Waals surface area contributed by atoms with Gasteiger partial charge >= 0.3 is 0 Å². The van der Waals surface area contributed by atoms with Crippen LogP contribution in [-0.2, 0) is 16.0 Å². The number of anilines is 1. The highest BCUT2D eigenvalue weighted by atomic mass is 16.2. The summed E-state index contributed by atoms with van der Waals surface area (Å²) >= 11 is 0. The average molecular weight is 304 g/mol. The first kappa shape index (κ1) is 16.5. The van der Waals surface area contributed by atoms with Crippen molar-refractivity contribution in [2.75, 3.05) is 44.6 Å². The quantitative estimate of drug-likeness (QED) is 0.792. The van der Waals surface area contributed by atoms with Gasteiger partial charge in [-0.15, -0.1) is 0 Å². The monoisotopic (exact) mass is 304 g/mol. The van der Waals surface area contributed by atoms with E-state index >= 15 is 0 Å². The summed E-state index contributed by atoms with van der Waals surface area (Å²) in [6.45, 7) is 5.84. The number of rotatable bonds is 6. The van der Waals surface area contributed by atoms with Crippen molar-refractivity contribution < 1.29 is 9.59 Å². The number of nitrogens with one attached hydrogen (secondary N) is 1. The minimum atomic E-state index is -0.304. The molecule has 0 saturated carbocycles. The summed E-state index contributed by atoms with van der Waals surface area (Å²) in [7, 11) is 0. The van der Waals surface area contributed by atoms with Gasteiger partial charge in [-0.05, 0) is 24.1 Å². The summed E-state index contributed by atoms with van der Waals surface area (Å²) in [5, 5.41) is 2.94. The number of piperazine rings is 1. The molecule has 1 aliphatic heterocycles. The minimum absolute atomic E-state index is 0.00314. The first-order valence-electron chi connectivity index (χ1n) is 7.68. The largest absolute Gasteiger partial charge is 0.369 e. The zero-order valence-electron chi connectivity index (χ0n) is 13.0. The molecular weight excluding hydrogens is 280 g/mol. The highest BCUT2D eigenvalue weighted by Crippen LogP contribution is 2.11. The van der Waals surface area contributed by atoms with Crippen LogP contribution in [0.15, 0.2) is 24.3 Å². The standard InChI is InChI=1S/C16H24N4O2/c1-2-13-4-3-5-14(10-13)18-16(22)12-20-8-6-19(7-9-20)11-15(17)21/h3-5,10H,2,6-9,11-12H2,1H3,(H2,17,21)(H,18,22). The van der Waals surface area contributed by atoms with E-state index in [-0.39, 0.29) is 11.8 Å². The van der Waals surface area contributed by atoms with E-state index in [1.807, 2.05) is 29.2 Å². The van der Waals surface area contributed by atoms with Gasteiger partial charge in [-0.3, -0.25) is 19.4 Å². The van der Waals surface area contributed by atoms with Crippen molar-refractivity contribution in [3.63, 3.8) is 0 Å². The molecule has 0 unspecified atom stereocenters. The topological polar surface area (TPSA) is 78.7 Å². The first-order chi connectivity index (χ1) is 10.6. The van der Waals surface area contributed by atoms with E-state index in [2.05, 4.69) is 17.1 Å². The van der Waals surface area contributed by atoms with Crippen LogP contribution >= 0.6 is 0 Å². The lowest BCUT2D eigenvalue weighted by Crippen LogP contribution is -2.50. The van der Waals surface area contributed by atoms with Crippen LogP contribution in [0.5, 0.6) is 0 Å². The molecule has 1 aliphatic rings. The van der Waals surface area contributed by atoms with Crippen LogP contribution in [0.3, 0.4) is 0 Å². The Balaban J connectivity index is 1.77. The second-order valence-electron chi connectivity index (χ2n) is 5.62. The molecule has 2 rings (SSSR count). The fraction of sp³-hybridized carbons (Fsp3) is 0.500. The van der Waals surface area contributed by atoms with Crippen LogP contribution in [0.1, 0.15) is 12.5 Å². The number of primary amides is 1. The van der Waals surface area contributed by atoms with E-state index in [4.69, 9.17) is 5.73 Å². The Morgan fingerprint density at radius 3 is 2.36 bits per heavy atom. The van der Waals surface area contributed by atoms with Crippen LogP contribution < -0.4 is 11.1 Å². The number of aryl methyl sites for hydroxylation is 1. The highest BCUT2D eigenvalue weighted by molar-refractivity contribution is 5.92. The summed E-state index contributed by atoms with van der Waals surface area (Å²) in [5.74, 6) is -0.307. The Bertz CT molecular complexity index is 525. The number of nitrogens with zero attached hydrogens (tertiary/aromatic N) is 2. The lowest BCUT2D eigenvalue weighted by molar-refractivity contribution is -0.121. The van der Waals surface area contributed by atoms with Crippen molar-refractivity contribution in [2.45, 2.75) is 13.3 Å². The Morgan fingerprint density at radius 2 is 1.77 bits per heavy atom. The third-order valence-corrected chi connectivity index (χ3v) is 3.83. The average Bonchev–Trinajstić information content (AvgIpc) is 2.49.